The maximum Gasteiger partial charge on any atom is 0.144 e. The Morgan fingerprint density at radius 3 is 2.39 bits per heavy atom. The third-order valence-electron chi connectivity index (χ3n) is 5.18. The minimum atomic E-state index is -2.60. The molecule has 0 atom stereocenters. The number of para-hydroxylation sites is 2. The molecular formula is C25H17NO2. The minimum absolute atomic E-state index is 0.241. The van der Waals surface area contributed by atoms with Gasteiger partial charge in [-0.05, 0) is 55.2 Å². The Morgan fingerprint density at radius 1 is 0.714 bits per heavy atom. The summed E-state index contributed by atoms with van der Waals surface area (Å²) >= 11 is 0. The van der Waals surface area contributed by atoms with Crippen LogP contribution in [-0.4, -0.2) is 4.98 Å². The number of hydrogen-bond acceptors (Lipinski definition) is 3. The molecule has 6 aromatic rings. The quantitative estimate of drug-likeness (QED) is 0.308. The van der Waals surface area contributed by atoms with Crippen molar-refractivity contribution >= 4 is 43.9 Å². The Morgan fingerprint density at radius 2 is 1.50 bits per heavy atom. The Balaban J connectivity index is 1.61. The summed E-state index contributed by atoms with van der Waals surface area (Å²) in [5.74, 6) is 0. The van der Waals surface area contributed by atoms with Crippen LogP contribution < -0.4 is 0 Å². The SMILES string of the molecule is [2H]C([2H])([2H])c1cnc(-c2cccc3c2oc2cc4c(cc23)oc2ccccc24)cc1C([2H])([2H])[2H]. The van der Waals surface area contributed by atoms with Crippen LogP contribution in [-0.2, 0) is 0 Å². The summed E-state index contributed by atoms with van der Waals surface area (Å²) in [4.78, 5) is 4.31. The highest BCUT2D eigenvalue weighted by Crippen LogP contribution is 2.39. The molecule has 0 radical (unpaired) electrons. The molecule has 3 nitrogen and oxygen atoms in total. The maximum atomic E-state index is 7.86. The van der Waals surface area contributed by atoms with Gasteiger partial charge >= 0.3 is 0 Å². The Bertz CT molecular complexity index is 1740. The summed E-state index contributed by atoms with van der Waals surface area (Å²) in [5, 5.41) is 3.61. The third-order valence-corrected chi connectivity index (χ3v) is 5.18. The molecule has 28 heavy (non-hydrogen) atoms. The van der Waals surface area contributed by atoms with Crippen LogP contribution in [0.25, 0.3) is 55.1 Å². The first-order valence-corrected chi connectivity index (χ1v) is 8.89. The van der Waals surface area contributed by atoms with Gasteiger partial charge in [0.25, 0.3) is 0 Å². The van der Waals surface area contributed by atoms with Crippen LogP contribution in [0, 0.1) is 13.7 Å². The van der Waals surface area contributed by atoms with Gasteiger partial charge in [-0.1, -0.05) is 30.3 Å². The van der Waals surface area contributed by atoms with Crippen LogP contribution in [0.15, 0.2) is 75.7 Å². The lowest BCUT2D eigenvalue weighted by atomic mass is 10.0. The van der Waals surface area contributed by atoms with Crippen LogP contribution in [0.4, 0.5) is 0 Å². The van der Waals surface area contributed by atoms with Crippen molar-refractivity contribution in [3.63, 3.8) is 0 Å². The molecule has 0 aliphatic heterocycles. The average Bonchev–Trinajstić information content (AvgIpc) is 3.33. The van der Waals surface area contributed by atoms with Gasteiger partial charge in [-0.15, -0.1) is 0 Å². The fraction of sp³-hybridized carbons (Fsp3) is 0.0800. The molecule has 0 aliphatic rings. The molecule has 0 N–H and O–H groups in total. The molecule has 3 heteroatoms. The molecule has 6 rings (SSSR count). The summed E-state index contributed by atoms with van der Waals surface area (Å²) in [6.45, 7) is -5.19. The Hall–Kier alpha value is -3.59. The highest BCUT2D eigenvalue weighted by Gasteiger charge is 2.16. The van der Waals surface area contributed by atoms with E-state index < -0.39 is 13.7 Å². The number of benzene rings is 3. The fourth-order valence-corrected chi connectivity index (χ4v) is 3.82. The third kappa shape index (κ3) is 2.07. The van der Waals surface area contributed by atoms with E-state index in [1.165, 1.54) is 6.07 Å². The van der Waals surface area contributed by atoms with Crippen LogP contribution in [0.5, 0.6) is 0 Å². The number of aromatic nitrogens is 1. The highest BCUT2D eigenvalue weighted by atomic mass is 16.3. The van der Waals surface area contributed by atoms with E-state index in [1.54, 1.807) is 6.07 Å². The molecule has 0 fully saturated rings. The van der Waals surface area contributed by atoms with Crippen molar-refractivity contribution in [1.82, 2.24) is 4.98 Å². The van der Waals surface area contributed by atoms with E-state index in [9.17, 15) is 0 Å². The standard InChI is InChI=1S/C25H17NO2/c1-14-10-21(26-13-15(14)2)18-8-5-7-17-20-12-23-19(11-24(20)28-25(17)18)16-6-3-4-9-22(16)27-23/h3-13H,1-2H3/i1D3,2D3. The lowest BCUT2D eigenvalue weighted by molar-refractivity contribution is 0.664. The van der Waals surface area contributed by atoms with Crippen molar-refractivity contribution in [1.29, 1.82) is 0 Å². The molecule has 0 spiro atoms. The summed E-state index contributed by atoms with van der Waals surface area (Å²) in [6, 6.07) is 18.5. The predicted octanol–water partition coefficient (Wildman–Crippen LogP) is 7.16. The van der Waals surface area contributed by atoms with Gasteiger partial charge < -0.3 is 8.83 Å². The topological polar surface area (TPSA) is 39.2 Å². The maximum absolute atomic E-state index is 7.86. The number of fused-ring (bicyclic) bond motifs is 6. The molecule has 0 bridgehead atoms. The number of rotatable bonds is 1. The van der Waals surface area contributed by atoms with E-state index in [0.717, 1.165) is 38.9 Å². The molecule has 0 aliphatic carbocycles. The van der Waals surface area contributed by atoms with Crippen LogP contribution >= 0.6 is 0 Å². The van der Waals surface area contributed by atoms with Crippen molar-refractivity contribution in [2.24, 2.45) is 0 Å². The van der Waals surface area contributed by atoms with Crippen molar-refractivity contribution in [3.05, 3.63) is 78.0 Å². The van der Waals surface area contributed by atoms with Crippen LogP contribution in [0.2, 0.25) is 0 Å². The van der Waals surface area contributed by atoms with E-state index >= 15 is 0 Å². The van der Waals surface area contributed by atoms with E-state index in [0.29, 0.717) is 22.4 Å². The summed E-state index contributed by atoms with van der Waals surface area (Å²) in [5.41, 5.74) is 3.14. The number of hydrogen-bond donors (Lipinski definition) is 0. The first kappa shape index (κ1) is 10.7. The number of aryl methyl sites for hydroxylation is 2. The molecule has 0 saturated heterocycles. The van der Waals surface area contributed by atoms with E-state index in [1.807, 2.05) is 48.5 Å². The number of pyridine rings is 1. The molecule has 3 aromatic carbocycles. The zero-order chi connectivity index (χ0) is 23.8. The first-order valence-electron chi connectivity index (χ1n) is 11.9. The average molecular weight is 369 g/mol. The van der Waals surface area contributed by atoms with Crippen LogP contribution in [0.1, 0.15) is 19.4 Å². The van der Waals surface area contributed by atoms with E-state index in [2.05, 4.69) is 4.98 Å². The molecular weight excluding hydrogens is 346 g/mol. The second kappa shape index (κ2) is 5.46. The second-order valence-electron chi connectivity index (χ2n) is 6.84. The summed E-state index contributed by atoms with van der Waals surface area (Å²) in [6.07, 6.45) is 1.13. The van der Waals surface area contributed by atoms with Gasteiger partial charge in [0, 0.05) is 41.5 Å². The molecule has 3 aromatic heterocycles. The fourth-order valence-electron chi connectivity index (χ4n) is 3.82. The number of furan rings is 2. The molecule has 0 amide bonds. The van der Waals surface area contributed by atoms with Gasteiger partial charge in [-0.25, -0.2) is 0 Å². The lowest BCUT2D eigenvalue weighted by Crippen LogP contribution is -1.88. The summed E-state index contributed by atoms with van der Waals surface area (Å²) < 4.78 is 59.0. The largest absolute Gasteiger partial charge is 0.456 e. The zero-order valence-corrected chi connectivity index (χ0v) is 14.6. The lowest BCUT2D eigenvalue weighted by Gasteiger charge is -2.05. The minimum Gasteiger partial charge on any atom is -0.456 e. The first-order chi connectivity index (χ1) is 16.1. The highest BCUT2D eigenvalue weighted by molar-refractivity contribution is 6.16. The van der Waals surface area contributed by atoms with Crippen molar-refractivity contribution in [3.8, 4) is 11.3 Å². The van der Waals surface area contributed by atoms with Crippen molar-refractivity contribution in [2.75, 3.05) is 0 Å². The zero-order valence-electron chi connectivity index (χ0n) is 20.6. The van der Waals surface area contributed by atoms with Gasteiger partial charge in [0.2, 0.25) is 0 Å². The van der Waals surface area contributed by atoms with E-state index in [4.69, 9.17) is 17.1 Å². The van der Waals surface area contributed by atoms with Gasteiger partial charge in [-0.2, -0.15) is 0 Å². The second-order valence-corrected chi connectivity index (χ2v) is 6.84. The Kier molecular flexibility index (Phi) is 2.08. The predicted molar refractivity (Wildman–Crippen MR) is 114 cm³/mol. The molecule has 3 heterocycles. The van der Waals surface area contributed by atoms with E-state index in [-0.39, 0.29) is 11.1 Å². The molecule has 134 valence electrons. The number of nitrogens with zero attached hydrogens (tertiary/aromatic N) is 1. The summed E-state index contributed by atoms with van der Waals surface area (Å²) in [7, 11) is 0. The van der Waals surface area contributed by atoms with Crippen LogP contribution in [0.3, 0.4) is 0 Å². The Labute approximate surface area is 169 Å². The normalized spacial score (nSPS) is 16.0. The van der Waals surface area contributed by atoms with Crippen molar-refractivity contribution in [2.45, 2.75) is 13.7 Å². The monoisotopic (exact) mass is 369 g/mol. The van der Waals surface area contributed by atoms with Gasteiger partial charge in [-0.3, -0.25) is 4.98 Å². The molecule has 0 saturated carbocycles. The van der Waals surface area contributed by atoms with Crippen molar-refractivity contribution < 1.29 is 17.1 Å². The van der Waals surface area contributed by atoms with Gasteiger partial charge in [0.1, 0.15) is 22.3 Å². The smallest absolute Gasteiger partial charge is 0.144 e. The van der Waals surface area contributed by atoms with Gasteiger partial charge in [0.05, 0.1) is 5.69 Å². The molecule has 0 unspecified atom stereocenters. The van der Waals surface area contributed by atoms with Gasteiger partial charge in [0.15, 0.2) is 0 Å².